The molecule has 4 aromatic rings. The second kappa shape index (κ2) is 12.3. The number of amides is 1. The fourth-order valence-electron chi connectivity index (χ4n) is 6.17. The van der Waals surface area contributed by atoms with Crippen LogP contribution in [0, 0.1) is 5.41 Å². The van der Waals surface area contributed by atoms with E-state index in [1.165, 1.54) is 29.3 Å². The maximum Gasteiger partial charge on any atom is 0.266 e. The molecule has 9 heteroatoms. The summed E-state index contributed by atoms with van der Waals surface area (Å²) in [5, 5.41) is 1.53. The number of nitrogens with zero attached hydrogens (tertiary/aromatic N) is 3. The average Bonchev–Trinajstić information content (AvgIpc) is 3.02. The highest BCUT2D eigenvalue weighted by atomic mass is 35.5. The minimum Gasteiger partial charge on any atom is -0.369 e. The van der Waals surface area contributed by atoms with Crippen LogP contribution in [-0.4, -0.2) is 56.9 Å². The van der Waals surface area contributed by atoms with Crippen LogP contribution in [-0.2, 0) is 10.0 Å². The van der Waals surface area contributed by atoms with Gasteiger partial charge < -0.3 is 4.90 Å². The number of nitrogens with one attached hydrogen (secondary N) is 1. The number of carbonyl (C=O) groups is 1. The van der Waals surface area contributed by atoms with Crippen LogP contribution in [0.3, 0.4) is 0 Å². The van der Waals surface area contributed by atoms with Crippen LogP contribution in [0.25, 0.3) is 16.5 Å². The van der Waals surface area contributed by atoms with Gasteiger partial charge in [0.25, 0.3) is 15.9 Å². The quantitative estimate of drug-likeness (QED) is 0.243. The molecule has 1 fully saturated rings. The van der Waals surface area contributed by atoms with E-state index in [0.29, 0.717) is 0 Å². The molecule has 1 saturated heterocycles. The molecule has 1 amide bonds. The Kier molecular flexibility index (Phi) is 8.51. The van der Waals surface area contributed by atoms with Crippen molar-refractivity contribution in [2.75, 3.05) is 37.6 Å². The number of halogens is 1. The Labute approximate surface area is 264 Å². The van der Waals surface area contributed by atoms with Gasteiger partial charge >= 0.3 is 0 Å². The zero-order valence-corrected chi connectivity index (χ0v) is 26.7. The lowest BCUT2D eigenvalue weighted by molar-refractivity contribution is 0.0981. The fourth-order valence-corrected chi connectivity index (χ4v) is 7.27. The summed E-state index contributed by atoms with van der Waals surface area (Å²) in [4.78, 5) is 21.9. The highest BCUT2D eigenvalue weighted by Gasteiger charge is 2.29. The Morgan fingerprint density at radius 1 is 0.955 bits per heavy atom. The number of anilines is 1. The molecule has 44 heavy (non-hydrogen) atoms. The van der Waals surface area contributed by atoms with Gasteiger partial charge in [0, 0.05) is 55.0 Å². The van der Waals surface area contributed by atoms with Gasteiger partial charge in [-0.15, -0.1) is 0 Å². The largest absolute Gasteiger partial charge is 0.369 e. The van der Waals surface area contributed by atoms with Crippen molar-refractivity contribution >= 4 is 49.7 Å². The van der Waals surface area contributed by atoms with Crippen LogP contribution < -0.4 is 9.62 Å². The summed E-state index contributed by atoms with van der Waals surface area (Å²) in [6.45, 7) is 9.23. The molecule has 7 nitrogen and oxygen atoms in total. The van der Waals surface area contributed by atoms with Gasteiger partial charge in [-0.2, -0.15) is 0 Å². The molecule has 3 aromatic carbocycles. The summed E-state index contributed by atoms with van der Waals surface area (Å²) >= 11 is 6.18. The Hall–Kier alpha value is -3.72. The molecule has 0 saturated carbocycles. The van der Waals surface area contributed by atoms with Crippen LogP contribution in [0.2, 0.25) is 5.02 Å². The van der Waals surface area contributed by atoms with E-state index >= 15 is 0 Å². The predicted molar refractivity (Wildman–Crippen MR) is 177 cm³/mol. The maximum absolute atomic E-state index is 13.0. The number of benzene rings is 3. The summed E-state index contributed by atoms with van der Waals surface area (Å²) in [7, 11) is -4.04. The van der Waals surface area contributed by atoms with Crippen LogP contribution in [0.1, 0.15) is 49.0 Å². The van der Waals surface area contributed by atoms with E-state index in [1.54, 1.807) is 18.2 Å². The van der Waals surface area contributed by atoms with E-state index in [0.717, 1.165) is 67.2 Å². The lowest BCUT2D eigenvalue weighted by Crippen LogP contribution is -2.47. The number of aromatic nitrogens is 1. The van der Waals surface area contributed by atoms with E-state index in [4.69, 9.17) is 11.6 Å². The Bertz CT molecular complexity index is 1810. The number of para-hydroxylation sites is 1. The molecular weight excluding hydrogens is 592 g/mol. The second-order valence-electron chi connectivity index (χ2n) is 12.5. The number of pyridine rings is 1. The summed E-state index contributed by atoms with van der Waals surface area (Å²) in [5.74, 6) is -0.709. The molecule has 0 bridgehead atoms. The predicted octanol–water partition coefficient (Wildman–Crippen LogP) is 6.79. The van der Waals surface area contributed by atoms with E-state index in [2.05, 4.69) is 45.5 Å². The monoisotopic (exact) mass is 628 g/mol. The van der Waals surface area contributed by atoms with Gasteiger partial charge in [0.1, 0.15) is 0 Å². The van der Waals surface area contributed by atoms with Crippen molar-refractivity contribution in [1.82, 2.24) is 14.6 Å². The fraction of sp³-hybridized carbons (Fsp3) is 0.314. The van der Waals surface area contributed by atoms with Crippen LogP contribution in [0.5, 0.6) is 0 Å². The third-order valence-electron chi connectivity index (χ3n) is 8.76. The summed E-state index contributed by atoms with van der Waals surface area (Å²) < 4.78 is 28.2. The highest BCUT2D eigenvalue weighted by Crippen LogP contribution is 2.43. The summed E-state index contributed by atoms with van der Waals surface area (Å²) in [6.07, 6.45) is 4.75. The normalized spacial score (nSPS) is 17.6. The molecule has 228 valence electrons. The molecule has 1 aromatic heterocycles. The summed E-state index contributed by atoms with van der Waals surface area (Å²) in [6, 6.07) is 24.0. The molecular formula is C35H37ClN4O3S. The molecule has 1 N–H and O–H groups in total. The molecule has 0 unspecified atom stereocenters. The topological polar surface area (TPSA) is 82.6 Å². The maximum atomic E-state index is 13.0. The number of hydrogen-bond acceptors (Lipinski definition) is 6. The van der Waals surface area contributed by atoms with Crippen molar-refractivity contribution in [2.24, 2.45) is 5.41 Å². The first-order valence-electron chi connectivity index (χ1n) is 15.0. The lowest BCUT2D eigenvalue weighted by Gasteiger charge is -2.39. The van der Waals surface area contributed by atoms with E-state index in [9.17, 15) is 13.2 Å². The van der Waals surface area contributed by atoms with Gasteiger partial charge in [-0.05, 0) is 84.3 Å². The zero-order chi connectivity index (χ0) is 30.9. The van der Waals surface area contributed by atoms with Crippen molar-refractivity contribution in [3.05, 3.63) is 107 Å². The van der Waals surface area contributed by atoms with Gasteiger partial charge in [-0.3, -0.25) is 14.7 Å². The minimum absolute atomic E-state index is 0.0453. The molecule has 2 aliphatic rings. The van der Waals surface area contributed by atoms with Crippen molar-refractivity contribution in [3.8, 4) is 0 Å². The Balaban J connectivity index is 1.08. The average molecular weight is 629 g/mol. The zero-order valence-electron chi connectivity index (χ0n) is 25.1. The van der Waals surface area contributed by atoms with Crippen molar-refractivity contribution in [1.29, 1.82) is 0 Å². The number of hydrogen-bond donors (Lipinski definition) is 1. The van der Waals surface area contributed by atoms with Crippen LogP contribution in [0.15, 0.2) is 95.5 Å². The molecule has 1 aliphatic heterocycles. The lowest BCUT2D eigenvalue weighted by atomic mass is 9.72. The number of allylic oxidation sites excluding steroid dienone is 1. The number of rotatable bonds is 7. The molecule has 6 rings (SSSR count). The number of fused-ring (bicyclic) bond motifs is 1. The molecule has 0 atom stereocenters. The third-order valence-corrected chi connectivity index (χ3v) is 10.4. The SMILES string of the molecule is CC1(C)CCC(CN2CCN(c3ccc(S(=O)(=O)NC(=O)c4cnc5ccccc5c4)cc3)CC2)=C(c2ccc(Cl)cc2)C1. The van der Waals surface area contributed by atoms with Crippen molar-refractivity contribution < 1.29 is 13.2 Å². The van der Waals surface area contributed by atoms with Gasteiger partial charge in [0.05, 0.1) is 16.0 Å². The molecule has 1 aliphatic carbocycles. The third kappa shape index (κ3) is 6.83. The molecule has 0 spiro atoms. The smallest absolute Gasteiger partial charge is 0.266 e. The number of sulfonamides is 1. The van der Waals surface area contributed by atoms with E-state index in [1.807, 2.05) is 48.5 Å². The molecule has 2 heterocycles. The van der Waals surface area contributed by atoms with Crippen molar-refractivity contribution in [3.63, 3.8) is 0 Å². The number of piperazine rings is 1. The summed E-state index contributed by atoms with van der Waals surface area (Å²) in [5.41, 5.74) is 6.44. The number of carbonyl (C=O) groups excluding carboxylic acids is 1. The van der Waals surface area contributed by atoms with Gasteiger partial charge in [-0.25, -0.2) is 13.1 Å². The Morgan fingerprint density at radius 3 is 2.39 bits per heavy atom. The second-order valence-corrected chi connectivity index (χ2v) is 14.7. The standard InChI is InChI=1S/C35H37ClN4O3S/c1-35(2)16-15-27(32(22-35)25-7-9-29(36)10-8-25)24-39-17-19-40(20-18-39)30-11-13-31(14-12-30)44(42,43)38-34(41)28-21-26-5-3-4-6-33(26)37-23-28/h3-14,21,23H,15-20,22,24H2,1-2H3,(H,38,41). The first kappa shape index (κ1) is 30.3. The van der Waals surface area contributed by atoms with Gasteiger partial charge in [0.15, 0.2) is 0 Å². The van der Waals surface area contributed by atoms with Crippen LogP contribution >= 0.6 is 11.6 Å². The Morgan fingerprint density at radius 2 is 1.66 bits per heavy atom. The van der Waals surface area contributed by atoms with Crippen LogP contribution in [0.4, 0.5) is 5.69 Å². The highest BCUT2D eigenvalue weighted by molar-refractivity contribution is 7.90. The van der Waals surface area contributed by atoms with Crippen molar-refractivity contribution in [2.45, 2.75) is 38.0 Å². The first-order valence-corrected chi connectivity index (χ1v) is 16.9. The van der Waals surface area contributed by atoms with E-state index < -0.39 is 15.9 Å². The van der Waals surface area contributed by atoms with Gasteiger partial charge in [-0.1, -0.05) is 61.4 Å². The minimum atomic E-state index is -4.04. The molecule has 0 radical (unpaired) electrons. The van der Waals surface area contributed by atoms with E-state index in [-0.39, 0.29) is 15.9 Å². The van der Waals surface area contributed by atoms with Gasteiger partial charge in [0.2, 0.25) is 0 Å². The first-order chi connectivity index (χ1) is 21.1.